The van der Waals surface area contributed by atoms with Gasteiger partial charge in [-0.3, -0.25) is 0 Å². The van der Waals surface area contributed by atoms with Crippen LogP contribution in [0.4, 0.5) is 0 Å². The number of unbranched alkanes of at least 4 members (excludes halogenated alkanes) is 6. The Hall–Kier alpha value is -1.05. The van der Waals surface area contributed by atoms with Crippen LogP contribution in [0.15, 0.2) is 25.3 Å². The van der Waals surface area contributed by atoms with E-state index in [0.29, 0.717) is 0 Å². The number of hydrogen-bond donors (Lipinski definition) is 0. The second-order valence-electron chi connectivity index (χ2n) is 4.41. The van der Waals surface area contributed by atoms with Gasteiger partial charge in [-0.25, -0.2) is 4.98 Å². The van der Waals surface area contributed by atoms with Crippen LogP contribution < -0.4 is 0 Å². The Bertz CT molecular complexity index is 275. The molecule has 0 N–H and O–H groups in total. The highest BCUT2D eigenvalue weighted by Gasteiger charge is 1.97. The first-order chi connectivity index (χ1) is 7.84. The van der Waals surface area contributed by atoms with E-state index in [2.05, 4.69) is 18.5 Å². The smallest absolute Gasteiger partial charge is 0.0988 e. The third-order valence-corrected chi connectivity index (χ3v) is 2.94. The maximum absolute atomic E-state index is 4.07. The van der Waals surface area contributed by atoms with Crippen molar-refractivity contribution in [1.29, 1.82) is 0 Å². The first-order valence-corrected chi connectivity index (χ1v) is 6.50. The molecule has 2 nitrogen and oxygen atoms in total. The van der Waals surface area contributed by atoms with Crippen molar-refractivity contribution < 1.29 is 0 Å². The number of hydrogen-bond acceptors (Lipinski definition) is 1. The molecule has 0 spiro atoms. The molecule has 0 saturated heterocycles. The van der Waals surface area contributed by atoms with Gasteiger partial charge in [-0.1, -0.05) is 52.0 Å². The molecule has 2 heteroatoms. The molecule has 0 amide bonds. The first kappa shape index (κ1) is 13.0. The number of allylic oxidation sites excluding steroid dienone is 1. The maximum Gasteiger partial charge on any atom is 0.0988 e. The number of nitrogens with zero attached hydrogens (tertiary/aromatic N) is 2. The predicted molar refractivity (Wildman–Crippen MR) is 70.2 cm³/mol. The third-order valence-electron chi connectivity index (χ3n) is 2.94. The molecule has 1 aromatic rings. The number of imidazole rings is 1. The molecule has 1 heterocycles. The Kier molecular flexibility index (Phi) is 6.62. The highest BCUT2D eigenvalue weighted by Crippen LogP contribution is 2.14. The molecular weight excluding hydrogens is 196 g/mol. The van der Waals surface area contributed by atoms with Gasteiger partial charge in [0.1, 0.15) is 0 Å². The van der Waals surface area contributed by atoms with Crippen molar-refractivity contribution in [3.8, 4) is 0 Å². The Morgan fingerprint density at radius 3 is 2.44 bits per heavy atom. The first-order valence-electron chi connectivity index (χ1n) is 6.50. The van der Waals surface area contributed by atoms with E-state index in [1.165, 1.54) is 44.9 Å². The molecule has 0 saturated carbocycles. The van der Waals surface area contributed by atoms with Crippen LogP contribution in [0.25, 0.3) is 5.70 Å². The molecule has 0 aliphatic heterocycles. The van der Waals surface area contributed by atoms with Crippen LogP contribution in [0.5, 0.6) is 0 Å². The van der Waals surface area contributed by atoms with Crippen molar-refractivity contribution in [1.82, 2.24) is 9.55 Å². The largest absolute Gasteiger partial charge is 0.311 e. The number of rotatable bonds is 9. The van der Waals surface area contributed by atoms with Crippen LogP contribution in [0.1, 0.15) is 58.3 Å². The molecule has 16 heavy (non-hydrogen) atoms. The molecular formula is C14H24N2. The van der Waals surface area contributed by atoms with Crippen LogP contribution in [-0.4, -0.2) is 9.55 Å². The summed E-state index contributed by atoms with van der Waals surface area (Å²) in [7, 11) is 0. The van der Waals surface area contributed by atoms with E-state index in [9.17, 15) is 0 Å². The van der Waals surface area contributed by atoms with Gasteiger partial charge in [-0.15, -0.1) is 0 Å². The molecule has 0 unspecified atom stereocenters. The third kappa shape index (κ3) is 5.15. The summed E-state index contributed by atoms with van der Waals surface area (Å²) in [5.41, 5.74) is 1.16. The molecule has 0 radical (unpaired) electrons. The topological polar surface area (TPSA) is 17.8 Å². The maximum atomic E-state index is 4.07. The van der Waals surface area contributed by atoms with Gasteiger partial charge in [-0.2, -0.15) is 0 Å². The summed E-state index contributed by atoms with van der Waals surface area (Å²) < 4.78 is 2.01. The fourth-order valence-electron chi connectivity index (χ4n) is 1.86. The van der Waals surface area contributed by atoms with Crippen LogP contribution in [0.2, 0.25) is 0 Å². The summed E-state index contributed by atoms with van der Waals surface area (Å²) in [5.74, 6) is 0. The van der Waals surface area contributed by atoms with Gasteiger partial charge in [0.15, 0.2) is 0 Å². The summed E-state index contributed by atoms with van der Waals surface area (Å²) in [4.78, 5) is 4.02. The van der Waals surface area contributed by atoms with Crippen molar-refractivity contribution in [2.45, 2.75) is 58.3 Å². The van der Waals surface area contributed by atoms with Crippen LogP contribution in [-0.2, 0) is 0 Å². The van der Waals surface area contributed by atoms with Crippen LogP contribution >= 0.6 is 0 Å². The highest BCUT2D eigenvalue weighted by molar-refractivity contribution is 5.40. The standard InChI is InChI=1S/C14H24N2/c1-3-4-5-6-7-8-9-10-14(2)16-12-11-15-13-16/h11-13H,2-10H2,1H3. The molecule has 0 aliphatic rings. The predicted octanol–water partition coefficient (Wildman–Crippen LogP) is 4.49. The molecule has 0 fully saturated rings. The van der Waals surface area contributed by atoms with E-state index in [4.69, 9.17) is 0 Å². The molecule has 0 aliphatic carbocycles. The molecule has 1 aromatic heterocycles. The summed E-state index contributed by atoms with van der Waals surface area (Å²) >= 11 is 0. The zero-order chi connectivity index (χ0) is 11.6. The minimum atomic E-state index is 1.09. The van der Waals surface area contributed by atoms with E-state index in [0.717, 1.165) is 12.1 Å². The molecule has 1 rings (SSSR count). The van der Waals surface area contributed by atoms with Crippen molar-refractivity contribution >= 4 is 5.70 Å². The minimum absolute atomic E-state index is 1.09. The van der Waals surface area contributed by atoms with Crippen LogP contribution in [0.3, 0.4) is 0 Å². The lowest BCUT2D eigenvalue weighted by Gasteiger charge is -2.06. The zero-order valence-electron chi connectivity index (χ0n) is 10.5. The van der Waals surface area contributed by atoms with Gasteiger partial charge >= 0.3 is 0 Å². The molecule has 0 bridgehead atoms. The summed E-state index contributed by atoms with van der Waals surface area (Å²) in [6, 6.07) is 0. The Labute approximate surface area is 99.4 Å². The second kappa shape index (κ2) is 8.14. The quantitative estimate of drug-likeness (QED) is 0.560. The van der Waals surface area contributed by atoms with Gasteiger partial charge in [0.2, 0.25) is 0 Å². The van der Waals surface area contributed by atoms with E-state index in [1.54, 1.807) is 6.20 Å². The van der Waals surface area contributed by atoms with Crippen molar-refractivity contribution in [2.24, 2.45) is 0 Å². The normalized spacial score (nSPS) is 10.6. The van der Waals surface area contributed by atoms with Gasteiger partial charge in [0.05, 0.1) is 6.33 Å². The lowest BCUT2D eigenvalue weighted by Crippen LogP contribution is -1.92. The SMILES string of the molecule is C=C(CCCCCCCCC)n1ccnc1. The zero-order valence-corrected chi connectivity index (χ0v) is 10.5. The minimum Gasteiger partial charge on any atom is -0.311 e. The van der Waals surface area contributed by atoms with Gasteiger partial charge in [-0.05, 0) is 12.8 Å². The summed E-state index contributed by atoms with van der Waals surface area (Å²) in [6.45, 7) is 6.33. The average molecular weight is 220 g/mol. The average Bonchev–Trinajstić information content (AvgIpc) is 2.81. The Morgan fingerprint density at radius 1 is 1.12 bits per heavy atom. The lowest BCUT2D eigenvalue weighted by molar-refractivity contribution is 0.591. The monoisotopic (exact) mass is 220 g/mol. The molecule has 90 valence electrons. The molecule has 0 aromatic carbocycles. The van der Waals surface area contributed by atoms with Crippen molar-refractivity contribution in [3.05, 3.63) is 25.3 Å². The summed E-state index contributed by atoms with van der Waals surface area (Å²) in [6.07, 6.45) is 16.1. The molecule has 0 atom stereocenters. The van der Waals surface area contributed by atoms with Gasteiger partial charge < -0.3 is 4.57 Å². The highest BCUT2D eigenvalue weighted by atomic mass is 15.0. The Morgan fingerprint density at radius 2 is 1.81 bits per heavy atom. The van der Waals surface area contributed by atoms with Gasteiger partial charge in [0, 0.05) is 18.1 Å². The van der Waals surface area contributed by atoms with E-state index in [-0.39, 0.29) is 0 Å². The van der Waals surface area contributed by atoms with Gasteiger partial charge in [0.25, 0.3) is 0 Å². The van der Waals surface area contributed by atoms with Crippen LogP contribution in [0, 0.1) is 0 Å². The van der Waals surface area contributed by atoms with Crippen molar-refractivity contribution in [3.63, 3.8) is 0 Å². The lowest BCUT2D eigenvalue weighted by atomic mass is 10.1. The number of aromatic nitrogens is 2. The fraction of sp³-hybridized carbons (Fsp3) is 0.643. The van der Waals surface area contributed by atoms with E-state index in [1.807, 2.05) is 17.1 Å². The second-order valence-corrected chi connectivity index (χ2v) is 4.41. The van der Waals surface area contributed by atoms with E-state index < -0.39 is 0 Å². The fourth-order valence-corrected chi connectivity index (χ4v) is 1.86. The Balaban J connectivity index is 1.97. The van der Waals surface area contributed by atoms with E-state index >= 15 is 0 Å². The van der Waals surface area contributed by atoms with Crippen molar-refractivity contribution in [2.75, 3.05) is 0 Å². The summed E-state index contributed by atoms with van der Waals surface area (Å²) in [5, 5.41) is 0.